The van der Waals surface area contributed by atoms with Gasteiger partial charge in [-0.15, -0.1) is 0 Å². The second-order valence-electron chi connectivity index (χ2n) is 15.6. The number of fused-ring (bicyclic) bond motifs is 12. The van der Waals surface area contributed by atoms with Crippen molar-refractivity contribution in [2.75, 3.05) is 4.90 Å². The maximum absolute atomic E-state index is 6.79. The zero-order valence-corrected chi connectivity index (χ0v) is 31.7. The van der Waals surface area contributed by atoms with Crippen molar-refractivity contribution in [2.24, 2.45) is 0 Å². The number of ether oxygens (including phenoxy) is 1. The average Bonchev–Trinajstić information content (AvgIpc) is 4.05. The number of aromatic nitrogens is 1. The zero-order valence-electron chi connectivity index (χ0n) is 31.7. The fraction of sp³-hybridized carbons (Fsp3) is 0.0370. The van der Waals surface area contributed by atoms with Gasteiger partial charge in [-0.3, -0.25) is 0 Å². The van der Waals surface area contributed by atoms with Crippen molar-refractivity contribution >= 4 is 88.3 Å². The van der Waals surface area contributed by atoms with E-state index >= 15 is 0 Å². The van der Waals surface area contributed by atoms with Crippen molar-refractivity contribution in [2.45, 2.75) is 12.0 Å². The number of furan rings is 2. The monoisotopic (exact) mass is 758 g/mol. The van der Waals surface area contributed by atoms with E-state index in [0.717, 1.165) is 77.9 Å². The van der Waals surface area contributed by atoms with Crippen LogP contribution in [-0.4, -0.2) is 10.7 Å². The van der Waals surface area contributed by atoms with Crippen LogP contribution in [0.3, 0.4) is 0 Å². The summed E-state index contributed by atoms with van der Waals surface area (Å²) >= 11 is 0. The number of rotatable bonds is 5. The summed E-state index contributed by atoms with van der Waals surface area (Å²) in [4.78, 5) is 2.37. The molecule has 59 heavy (non-hydrogen) atoms. The summed E-state index contributed by atoms with van der Waals surface area (Å²) in [5.41, 5.74) is 13.5. The molecule has 2 unspecified atom stereocenters. The van der Waals surface area contributed by atoms with Crippen LogP contribution in [0.5, 0.6) is 5.75 Å². The second-order valence-corrected chi connectivity index (χ2v) is 15.6. The van der Waals surface area contributed by atoms with Gasteiger partial charge in [-0.25, -0.2) is 0 Å². The second kappa shape index (κ2) is 12.4. The zero-order chi connectivity index (χ0) is 38.6. The topological polar surface area (TPSA) is 43.7 Å². The first-order valence-electron chi connectivity index (χ1n) is 20.2. The van der Waals surface area contributed by atoms with E-state index in [-0.39, 0.29) is 12.0 Å². The van der Waals surface area contributed by atoms with Gasteiger partial charge in [0.05, 0.1) is 27.8 Å². The highest BCUT2D eigenvalue weighted by Gasteiger charge is 2.38. The van der Waals surface area contributed by atoms with E-state index in [9.17, 15) is 0 Å². The van der Waals surface area contributed by atoms with Crippen LogP contribution in [0.4, 0.5) is 17.1 Å². The third kappa shape index (κ3) is 4.79. The first kappa shape index (κ1) is 32.3. The molecule has 13 rings (SSSR count). The molecule has 4 heterocycles. The first-order chi connectivity index (χ1) is 29.2. The quantitative estimate of drug-likeness (QED) is 0.175. The van der Waals surface area contributed by atoms with Crippen LogP contribution in [0.25, 0.3) is 76.9 Å². The van der Waals surface area contributed by atoms with E-state index in [2.05, 4.69) is 179 Å². The predicted octanol–water partition coefficient (Wildman–Crippen LogP) is 14.6. The molecule has 0 N–H and O–H groups in total. The van der Waals surface area contributed by atoms with Crippen molar-refractivity contribution in [1.82, 2.24) is 4.57 Å². The normalized spacial score (nSPS) is 16.0. The first-order valence-corrected chi connectivity index (χ1v) is 20.2. The van der Waals surface area contributed by atoms with Gasteiger partial charge in [0.25, 0.3) is 0 Å². The number of nitrogens with zero attached hydrogens (tertiary/aromatic N) is 2. The van der Waals surface area contributed by atoms with Gasteiger partial charge in [0.2, 0.25) is 0 Å². The lowest BCUT2D eigenvalue weighted by molar-refractivity contribution is 0.269. The van der Waals surface area contributed by atoms with Gasteiger partial charge in [-0.05, 0) is 96.1 Å². The largest absolute Gasteiger partial charge is 0.485 e. The maximum atomic E-state index is 6.79. The molecule has 1 aliphatic heterocycles. The third-order valence-electron chi connectivity index (χ3n) is 12.3. The van der Waals surface area contributed by atoms with Gasteiger partial charge in [-0.1, -0.05) is 103 Å². The summed E-state index contributed by atoms with van der Waals surface area (Å²) in [5.74, 6) is 0.861. The number of hydrogen-bond acceptors (Lipinski definition) is 4. The standard InChI is InChI=1S/C54H34N2O3/c1-2-12-35(13-3-1)55-43-17-7-4-14-37(43)41-30-33(24-28-44(41)55)34-25-29-49-42(31-34)54-46(19-11-23-51(54)58-49)56(36-26-27-39-38-15-5-8-20-47(38)59-52(39)32-36)45-18-10-22-50-53(45)40-16-6-9-21-48(40)57-50/h1-32,42,49H. The highest BCUT2D eigenvalue weighted by molar-refractivity contribution is 6.14. The molecular formula is C54H34N2O3. The Labute approximate surface area is 338 Å². The van der Waals surface area contributed by atoms with Crippen molar-refractivity contribution in [3.63, 3.8) is 0 Å². The summed E-state index contributed by atoms with van der Waals surface area (Å²) < 4.78 is 22.1. The van der Waals surface area contributed by atoms with Gasteiger partial charge in [0, 0.05) is 55.9 Å². The Hall–Kier alpha value is -7.76. The molecule has 8 aromatic carbocycles. The molecule has 3 aromatic heterocycles. The third-order valence-corrected chi connectivity index (χ3v) is 12.3. The minimum absolute atomic E-state index is 0.0275. The average molecular weight is 759 g/mol. The fourth-order valence-electron chi connectivity index (χ4n) is 9.74. The van der Waals surface area contributed by atoms with E-state index in [1.807, 2.05) is 24.3 Å². The summed E-state index contributed by atoms with van der Waals surface area (Å²) in [6.45, 7) is 0. The van der Waals surface area contributed by atoms with Gasteiger partial charge in [0.15, 0.2) is 0 Å². The number of benzene rings is 8. The van der Waals surface area contributed by atoms with Gasteiger partial charge in [-0.2, -0.15) is 0 Å². The van der Waals surface area contributed by atoms with Crippen LogP contribution in [-0.2, 0) is 0 Å². The molecule has 0 saturated heterocycles. The molecule has 0 bridgehead atoms. The van der Waals surface area contributed by atoms with Crippen LogP contribution in [0.1, 0.15) is 17.0 Å². The molecule has 0 fully saturated rings. The highest BCUT2D eigenvalue weighted by atomic mass is 16.5. The smallest absolute Gasteiger partial charge is 0.137 e. The Morgan fingerprint density at radius 3 is 2.08 bits per heavy atom. The molecule has 2 atom stereocenters. The fourth-order valence-corrected chi connectivity index (χ4v) is 9.74. The predicted molar refractivity (Wildman–Crippen MR) is 241 cm³/mol. The van der Waals surface area contributed by atoms with Crippen molar-refractivity contribution in [3.05, 3.63) is 205 Å². The Balaban J connectivity index is 0.999. The molecular weight excluding hydrogens is 725 g/mol. The van der Waals surface area contributed by atoms with E-state index in [0.29, 0.717) is 0 Å². The Morgan fingerprint density at radius 1 is 0.492 bits per heavy atom. The van der Waals surface area contributed by atoms with E-state index < -0.39 is 0 Å². The van der Waals surface area contributed by atoms with Crippen molar-refractivity contribution in [1.29, 1.82) is 0 Å². The molecule has 0 radical (unpaired) electrons. The lowest BCUT2D eigenvalue weighted by Crippen LogP contribution is -2.18. The van der Waals surface area contributed by atoms with E-state index in [1.165, 1.54) is 32.9 Å². The van der Waals surface area contributed by atoms with Crippen LogP contribution < -0.4 is 9.64 Å². The van der Waals surface area contributed by atoms with Crippen molar-refractivity contribution in [3.8, 4) is 11.4 Å². The highest BCUT2D eigenvalue weighted by Crippen LogP contribution is 2.53. The van der Waals surface area contributed by atoms with Crippen LogP contribution in [0.2, 0.25) is 0 Å². The Kier molecular flexibility index (Phi) is 6.78. The van der Waals surface area contributed by atoms with Crippen molar-refractivity contribution < 1.29 is 13.6 Å². The number of anilines is 3. The molecule has 0 saturated carbocycles. The summed E-state index contributed by atoms with van der Waals surface area (Å²) in [6, 6.07) is 62.1. The van der Waals surface area contributed by atoms with Gasteiger partial charge >= 0.3 is 0 Å². The minimum atomic E-state index is -0.135. The minimum Gasteiger partial charge on any atom is -0.485 e. The lowest BCUT2D eigenvalue weighted by atomic mass is 9.85. The summed E-state index contributed by atoms with van der Waals surface area (Å²) in [5, 5.41) is 6.79. The SMILES string of the molecule is C1=CC2Oc3cccc(N(c4ccc5c(c4)oc4ccccc45)c4cccc5oc6ccccc6c45)c3C2C=C1c1ccc2c(c1)c1ccccc1n2-c1ccccc1. The molecule has 1 aliphatic carbocycles. The number of allylic oxidation sites excluding steroid dienone is 2. The van der Waals surface area contributed by atoms with E-state index in [1.54, 1.807) is 0 Å². The summed E-state index contributed by atoms with van der Waals surface area (Å²) in [6.07, 6.45) is 6.74. The molecule has 0 amide bonds. The summed E-state index contributed by atoms with van der Waals surface area (Å²) in [7, 11) is 0. The maximum Gasteiger partial charge on any atom is 0.137 e. The van der Waals surface area contributed by atoms with Crippen LogP contribution in [0.15, 0.2) is 203 Å². The molecule has 11 aromatic rings. The number of para-hydroxylation sites is 4. The molecule has 5 heteroatoms. The molecule has 2 aliphatic rings. The molecule has 0 spiro atoms. The lowest BCUT2D eigenvalue weighted by Gasteiger charge is -2.29. The molecule has 278 valence electrons. The van der Waals surface area contributed by atoms with Gasteiger partial charge in [0.1, 0.15) is 34.2 Å². The van der Waals surface area contributed by atoms with Crippen LogP contribution >= 0.6 is 0 Å². The van der Waals surface area contributed by atoms with Gasteiger partial charge < -0.3 is 23.0 Å². The Morgan fingerprint density at radius 2 is 1.19 bits per heavy atom. The van der Waals surface area contributed by atoms with Crippen LogP contribution in [0, 0.1) is 0 Å². The van der Waals surface area contributed by atoms with E-state index in [4.69, 9.17) is 13.6 Å². The molecule has 5 nitrogen and oxygen atoms in total. The Bertz CT molecular complexity index is 3570. The number of hydrogen-bond donors (Lipinski definition) is 0.